The molecule has 0 saturated carbocycles. The van der Waals surface area contributed by atoms with Crippen molar-refractivity contribution in [3.63, 3.8) is 0 Å². The Labute approximate surface area is 376 Å². The first kappa shape index (κ1) is 50.0. The van der Waals surface area contributed by atoms with Crippen LogP contribution >= 0.6 is 19.5 Å². The van der Waals surface area contributed by atoms with Gasteiger partial charge < -0.3 is 29.7 Å². The maximum absolute atomic E-state index is 14.7. The molecule has 4 aromatic rings. The van der Waals surface area contributed by atoms with Crippen LogP contribution in [0.4, 0.5) is 5.82 Å². The van der Waals surface area contributed by atoms with Crippen molar-refractivity contribution in [2.75, 3.05) is 51.6 Å². The number of nitrogens with zero attached hydrogens (tertiary/aromatic N) is 3. The smallest absolute Gasteiger partial charge is 0.408 e. The van der Waals surface area contributed by atoms with Gasteiger partial charge in [0.05, 0.1) is 27.4 Å². The molecule has 14 nitrogen and oxygen atoms in total. The summed E-state index contributed by atoms with van der Waals surface area (Å²) in [6.45, 7) is 11.6. The highest BCUT2D eigenvalue weighted by atomic mass is 32.2. The Morgan fingerprint density at radius 3 is 1.97 bits per heavy atom. The first-order chi connectivity index (χ1) is 30.1. The van der Waals surface area contributed by atoms with Gasteiger partial charge in [0.2, 0.25) is 0 Å². The summed E-state index contributed by atoms with van der Waals surface area (Å²) in [5.41, 5.74) is -1.81. The Morgan fingerprint density at radius 1 is 0.905 bits per heavy atom. The first-order valence-electron chi connectivity index (χ1n) is 21.7. The van der Waals surface area contributed by atoms with Gasteiger partial charge in [-0.25, -0.2) is 14.0 Å². The molecule has 3 aromatic carbocycles. The standard InChI is InChI=1S/C47H65N4O10PS/c1-9-12-28-50(29-13-10-2)62(56,59-31-32-63-43(53)45(4,5)11-3)60-33-39-41(52)46(6,55)42(61-39)51-30-27-40(48-44(51)54)49-47(34-17-15-14-16-18-34,35-19-23-37(57-7)24-20-35)36-21-25-38(58-8)26-22-36/h14-27,30,39,41-42,52,55H,9-13,28-29,31-33H2,1-8H3,(H,48,49,54)/t39-,41+,42-,46?,62?/m1/s1. The number of aliphatic hydroxyl groups excluding tert-OH is 1. The van der Waals surface area contributed by atoms with Crippen molar-refractivity contribution >= 4 is 30.4 Å². The Bertz CT molecular complexity index is 2120. The minimum absolute atomic E-state index is 0.0133. The number of carbonyl (C=O) groups excluding carboxylic acids is 1. The third kappa shape index (κ3) is 11.6. The lowest BCUT2D eigenvalue weighted by molar-refractivity contribution is -0.118. The van der Waals surface area contributed by atoms with Crippen LogP contribution in [0.1, 0.15) is 96.6 Å². The Hall–Kier alpha value is -4.05. The average Bonchev–Trinajstić information content (AvgIpc) is 3.52. The normalized spacial score (nSPS) is 20.1. The maximum Gasteiger partial charge on any atom is 0.408 e. The van der Waals surface area contributed by atoms with Crippen molar-refractivity contribution in [2.45, 2.75) is 103 Å². The number of unbranched alkanes of at least 4 members (excludes halogenated alkanes) is 2. The highest BCUT2D eigenvalue weighted by molar-refractivity contribution is 8.13. The second-order valence-corrected chi connectivity index (χ2v) is 19.6. The molecule has 1 aliphatic rings. The number of aliphatic hydroxyl groups is 2. The van der Waals surface area contributed by atoms with Gasteiger partial charge in [0, 0.05) is 30.5 Å². The van der Waals surface area contributed by atoms with E-state index in [1.165, 1.54) is 13.1 Å². The van der Waals surface area contributed by atoms with Crippen LogP contribution in [0.15, 0.2) is 95.9 Å². The molecule has 1 saturated heterocycles. The summed E-state index contributed by atoms with van der Waals surface area (Å²) >= 11 is 1.13. The molecule has 1 aromatic heterocycles. The van der Waals surface area contributed by atoms with Crippen LogP contribution in [0.3, 0.4) is 0 Å². The van der Waals surface area contributed by atoms with E-state index < -0.39 is 55.0 Å². The third-order valence-electron chi connectivity index (χ3n) is 11.7. The molecule has 1 fully saturated rings. The van der Waals surface area contributed by atoms with Crippen LogP contribution in [0.5, 0.6) is 11.5 Å². The minimum atomic E-state index is -4.00. The zero-order chi connectivity index (χ0) is 45.8. The lowest BCUT2D eigenvalue weighted by Gasteiger charge is -2.37. The molecule has 0 radical (unpaired) electrons. The summed E-state index contributed by atoms with van der Waals surface area (Å²) in [5, 5.41) is 26.8. The fraction of sp³-hybridized carbons (Fsp3) is 0.511. The van der Waals surface area contributed by atoms with Crippen molar-refractivity contribution in [1.82, 2.24) is 14.2 Å². The molecule has 16 heteroatoms. The van der Waals surface area contributed by atoms with Crippen LogP contribution < -0.4 is 20.5 Å². The second kappa shape index (κ2) is 22.2. The predicted molar refractivity (Wildman–Crippen MR) is 247 cm³/mol. The molecule has 0 amide bonds. The topological polar surface area (TPSA) is 171 Å². The number of thioether (sulfide) groups is 1. The van der Waals surface area contributed by atoms with E-state index in [0.717, 1.165) is 58.7 Å². The van der Waals surface area contributed by atoms with Gasteiger partial charge in [0.15, 0.2) is 11.3 Å². The van der Waals surface area contributed by atoms with Crippen molar-refractivity contribution < 1.29 is 42.8 Å². The second-order valence-electron chi connectivity index (χ2n) is 16.5. The summed E-state index contributed by atoms with van der Waals surface area (Å²) in [5.74, 6) is 1.84. The molecule has 2 heterocycles. The van der Waals surface area contributed by atoms with E-state index in [1.54, 1.807) is 25.0 Å². The molecule has 2 unspecified atom stereocenters. The number of ether oxygens (including phenoxy) is 3. The first-order valence-corrected chi connectivity index (χ1v) is 24.2. The Morgan fingerprint density at radius 2 is 1.46 bits per heavy atom. The van der Waals surface area contributed by atoms with Crippen LogP contribution in [-0.4, -0.2) is 93.6 Å². The number of anilines is 1. The van der Waals surface area contributed by atoms with E-state index in [1.807, 2.05) is 113 Å². The number of methoxy groups -OCH3 is 2. The van der Waals surface area contributed by atoms with E-state index in [2.05, 4.69) is 10.3 Å². The van der Waals surface area contributed by atoms with E-state index in [-0.39, 0.29) is 23.3 Å². The van der Waals surface area contributed by atoms with Gasteiger partial charge in [0.25, 0.3) is 0 Å². The monoisotopic (exact) mass is 908 g/mol. The van der Waals surface area contributed by atoms with Gasteiger partial charge in [-0.2, -0.15) is 4.98 Å². The number of nitrogens with one attached hydrogen (secondary N) is 1. The molecular formula is C47H65N4O10PS. The predicted octanol–water partition coefficient (Wildman–Crippen LogP) is 8.41. The molecule has 63 heavy (non-hydrogen) atoms. The number of hydrogen-bond donors (Lipinski definition) is 3. The van der Waals surface area contributed by atoms with Gasteiger partial charge >= 0.3 is 13.4 Å². The Kier molecular flexibility index (Phi) is 17.6. The summed E-state index contributed by atoms with van der Waals surface area (Å²) in [6.07, 6.45) is 1.17. The molecular weight excluding hydrogens is 844 g/mol. The van der Waals surface area contributed by atoms with E-state index >= 15 is 0 Å². The lowest BCUT2D eigenvalue weighted by atomic mass is 9.77. The summed E-state index contributed by atoms with van der Waals surface area (Å²) in [7, 11) is -0.793. The van der Waals surface area contributed by atoms with Crippen molar-refractivity contribution in [3.05, 3.63) is 118 Å². The molecule has 3 N–H and O–H groups in total. The molecule has 0 aliphatic carbocycles. The summed E-state index contributed by atoms with van der Waals surface area (Å²) in [6, 6.07) is 26.6. The molecule has 0 spiro atoms. The van der Waals surface area contributed by atoms with Crippen molar-refractivity contribution in [3.8, 4) is 11.5 Å². The summed E-state index contributed by atoms with van der Waals surface area (Å²) in [4.78, 5) is 31.3. The van der Waals surface area contributed by atoms with Crippen molar-refractivity contribution in [1.29, 1.82) is 0 Å². The third-order valence-corrected chi connectivity index (χ3v) is 15.0. The minimum Gasteiger partial charge on any atom is -0.497 e. The van der Waals surface area contributed by atoms with E-state index in [4.69, 9.17) is 23.3 Å². The molecule has 344 valence electrons. The highest BCUT2D eigenvalue weighted by Crippen LogP contribution is 2.53. The van der Waals surface area contributed by atoms with Crippen molar-refractivity contribution in [2.24, 2.45) is 5.41 Å². The van der Waals surface area contributed by atoms with Crippen LogP contribution in [-0.2, 0) is 28.7 Å². The van der Waals surface area contributed by atoms with Gasteiger partial charge in [-0.15, -0.1) is 0 Å². The van der Waals surface area contributed by atoms with Crippen LogP contribution in [0, 0.1) is 5.41 Å². The zero-order valence-electron chi connectivity index (χ0n) is 37.8. The molecule has 0 bridgehead atoms. The largest absolute Gasteiger partial charge is 0.497 e. The van der Waals surface area contributed by atoms with Crippen LogP contribution in [0.25, 0.3) is 0 Å². The van der Waals surface area contributed by atoms with Gasteiger partial charge in [0.1, 0.15) is 40.7 Å². The Balaban J connectivity index is 1.43. The van der Waals surface area contributed by atoms with Crippen LogP contribution in [0.2, 0.25) is 0 Å². The lowest BCUT2D eigenvalue weighted by Crippen LogP contribution is -2.46. The number of carbonyl (C=O) groups is 1. The quantitative estimate of drug-likeness (QED) is 0.0348. The number of hydrogen-bond acceptors (Lipinski definition) is 13. The summed E-state index contributed by atoms with van der Waals surface area (Å²) < 4.78 is 46.8. The molecule has 5 atom stereocenters. The van der Waals surface area contributed by atoms with E-state index in [9.17, 15) is 24.4 Å². The van der Waals surface area contributed by atoms with Gasteiger partial charge in [-0.3, -0.25) is 18.4 Å². The van der Waals surface area contributed by atoms with Gasteiger partial charge in [-0.1, -0.05) is 114 Å². The average molecular weight is 909 g/mol. The molecule has 5 rings (SSSR count). The molecule has 1 aliphatic heterocycles. The number of aromatic nitrogens is 2. The van der Waals surface area contributed by atoms with Gasteiger partial charge in [-0.05, 0) is 73.2 Å². The fourth-order valence-electron chi connectivity index (χ4n) is 7.35. The van der Waals surface area contributed by atoms with E-state index in [0.29, 0.717) is 31.0 Å². The highest BCUT2D eigenvalue weighted by Gasteiger charge is 2.54. The number of rotatable bonds is 24. The zero-order valence-corrected chi connectivity index (χ0v) is 39.5. The number of benzene rings is 3. The fourth-order valence-corrected chi connectivity index (χ4v) is 10.2. The SMILES string of the molecule is CCCCN(CCCC)P(=O)(OCCSC(=O)C(C)(C)CC)OC[C@H]1O[C@@H](n2ccc(NC(c3ccccc3)(c3ccc(OC)cc3)c3ccc(OC)cc3)nc2=O)C(C)(O)[C@H]1O. The maximum atomic E-state index is 14.7.